The number of carboxylic acids is 1. The third kappa shape index (κ3) is 3.12. The lowest BCUT2D eigenvalue weighted by Crippen LogP contribution is -2.42. The SMILES string of the molecule is CSC(CO)C(C)NC(=O)C1CC1C(=O)O. The summed E-state index contributed by atoms with van der Waals surface area (Å²) in [5, 5.41) is 20.4. The highest BCUT2D eigenvalue weighted by molar-refractivity contribution is 7.99. The van der Waals surface area contributed by atoms with Crippen LogP contribution in [-0.2, 0) is 9.59 Å². The predicted octanol–water partition coefficient (Wildman–Crippen LogP) is -0.0643. The van der Waals surface area contributed by atoms with Gasteiger partial charge in [-0.2, -0.15) is 11.8 Å². The summed E-state index contributed by atoms with van der Waals surface area (Å²) < 4.78 is 0. The lowest BCUT2D eigenvalue weighted by molar-refractivity contribution is -0.140. The normalized spacial score (nSPS) is 26.9. The molecule has 0 spiro atoms. The Labute approximate surface area is 98.6 Å². The Hall–Kier alpha value is -0.750. The number of thioether (sulfide) groups is 1. The second-order valence-electron chi connectivity index (χ2n) is 4.04. The number of rotatable bonds is 6. The van der Waals surface area contributed by atoms with Crippen molar-refractivity contribution in [3.05, 3.63) is 0 Å². The number of aliphatic hydroxyl groups excluding tert-OH is 1. The smallest absolute Gasteiger partial charge is 0.307 e. The molecule has 16 heavy (non-hydrogen) atoms. The number of hydrogen-bond acceptors (Lipinski definition) is 4. The molecule has 0 aromatic rings. The highest BCUT2D eigenvalue weighted by Crippen LogP contribution is 2.38. The summed E-state index contributed by atoms with van der Waals surface area (Å²) in [6.45, 7) is 1.81. The molecule has 1 saturated carbocycles. The maximum Gasteiger partial charge on any atom is 0.307 e. The molecule has 3 N–H and O–H groups in total. The second-order valence-corrected chi connectivity index (χ2v) is 5.12. The van der Waals surface area contributed by atoms with Crippen LogP contribution in [0.3, 0.4) is 0 Å². The Morgan fingerprint density at radius 1 is 1.50 bits per heavy atom. The first-order valence-corrected chi connectivity index (χ1v) is 6.46. The molecule has 4 unspecified atom stereocenters. The number of aliphatic hydroxyl groups is 1. The Morgan fingerprint density at radius 3 is 2.50 bits per heavy atom. The lowest BCUT2D eigenvalue weighted by atomic mass is 10.2. The molecule has 0 bridgehead atoms. The van der Waals surface area contributed by atoms with E-state index in [9.17, 15) is 9.59 Å². The van der Waals surface area contributed by atoms with Crippen molar-refractivity contribution >= 4 is 23.6 Å². The van der Waals surface area contributed by atoms with Gasteiger partial charge in [-0.1, -0.05) is 0 Å². The predicted molar refractivity (Wildman–Crippen MR) is 61.2 cm³/mol. The molecule has 0 radical (unpaired) electrons. The fourth-order valence-electron chi connectivity index (χ4n) is 1.62. The molecule has 92 valence electrons. The zero-order chi connectivity index (χ0) is 12.3. The molecule has 1 rings (SSSR count). The third-order valence-electron chi connectivity index (χ3n) is 2.85. The van der Waals surface area contributed by atoms with Gasteiger partial charge in [-0.05, 0) is 19.6 Å². The van der Waals surface area contributed by atoms with Crippen LogP contribution in [0.1, 0.15) is 13.3 Å². The maximum absolute atomic E-state index is 11.6. The summed E-state index contributed by atoms with van der Waals surface area (Å²) in [5.41, 5.74) is 0. The largest absolute Gasteiger partial charge is 0.481 e. The first-order chi connectivity index (χ1) is 7.51. The van der Waals surface area contributed by atoms with E-state index in [1.807, 2.05) is 13.2 Å². The van der Waals surface area contributed by atoms with Gasteiger partial charge in [-0.25, -0.2) is 0 Å². The van der Waals surface area contributed by atoms with Crippen molar-refractivity contribution in [3.63, 3.8) is 0 Å². The van der Waals surface area contributed by atoms with E-state index < -0.39 is 11.9 Å². The first kappa shape index (κ1) is 13.3. The van der Waals surface area contributed by atoms with Crippen molar-refractivity contribution in [2.24, 2.45) is 11.8 Å². The molecule has 0 aromatic carbocycles. The summed E-state index contributed by atoms with van der Waals surface area (Å²) in [7, 11) is 0. The summed E-state index contributed by atoms with van der Waals surface area (Å²) in [6, 6.07) is -0.150. The number of amides is 1. The fourth-order valence-corrected chi connectivity index (χ4v) is 2.24. The van der Waals surface area contributed by atoms with Crippen molar-refractivity contribution in [1.82, 2.24) is 5.32 Å². The van der Waals surface area contributed by atoms with Gasteiger partial charge in [-0.15, -0.1) is 0 Å². The van der Waals surface area contributed by atoms with E-state index in [2.05, 4.69) is 5.32 Å². The van der Waals surface area contributed by atoms with Crippen LogP contribution in [0.15, 0.2) is 0 Å². The van der Waals surface area contributed by atoms with Gasteiger partial charge >= 0.3 is 5.97 Å². The zero-order valence-electron chi connectivity index (χ0n) is 9.34. The van der Waals surface area contributed by atoms with Crippen molar-refractivity contribution in [1.29, 1.82) is 0 Å². The minimum atomic E-state index is -0.906. The van der Waals surface area contributed by atoms with Gasteiger partial charge in [0.15, 0.2) is 0 Å². The van der Waals surface area contributed by atoms with E-state index in [0.29, 0.717) is 6.42 Å². The Morgan fingerprint density at radius 2 is 2.12 bits per heavy atom. The number of nitrogens with one attached hydrogen (secondary N) is 1. The highest BCUT2D eigenvalue weighted by Gasteiger charge is 2.48. The van der Waals surface area contributed by atoms with E-state index in [0.717, 1.165) is 0 Å². The lowest BCUT2D eigenvalue weighted by Gasteiger charge is -2.21. The van der Waals surface area contributed by atoms with E-state index in [1.54, 1.807) is 0 Å². The standard InChI is InChI=1S/C10H17NO4S/c1-5(8(4-12)16-2)11-9(13)6-3-7(6)10(14)15/h5-8,12H,3-4H2,1-2H3,(H,11,13)(H,14,15). The number of carbonyl (C=O) groups excluding carboxylic acids is 1. The molecule has 0 aromatic heterocycles. The molecular formula is C10H17NO4S. The molecule has 1 aliphatic rings. The van der Waals surface area contributed by atoms with Gasteiger partial charge in [0, 0.05) is 11.3 Å². The van der Waals surface area contributed by atoms with Gasteiger partial charge in [0.25, 0.3) is 0 Å². The maximum atomic E-state index is 11.6. The number of carbonyl (C=O) groups is 2. The Bertz CT molecular complexity index is 280. The van der Waals surface area contributed by atoms with Crippen molar-refractivity contribution < 1.29 is 19.8 Å². The quantitative estimate of drug-likeness (QED) is 0.612. The van der Waals surface area contributed by atoms with Crippen LogP contribution in [0.25, 0.3) is 0 Å². The van der Waals surface area contributed by atoms with Crippen LogP contribution in [0.4, 0.5) is 0 Å². The molecule has 0 saturated heterocycles. The van der Waals surface area contributed by atoms with E-state index in [-0.39, 0.29) is 29.7 Å². The molecule has 1 aliphatic carbocycles. The average molecular weight is 247 g/mol. The van der Waals surface area contributed by atoms with Crippen LogP contribution in [0.5, 0.6) is 0 Å². The van der Waals surface area contributed by atoms with Crippen molar-refractivity contribution in [2.75, 3.05) is 12.9 Å². The molecule has 0 heterocycles. The topological polar surface area (TPSA) is 86.6 Å². The van der Waals surface area contributed by atoms with Crippen LogP contribution < -0.4 is 5.32 Å². The van der Waals surface area contributed by atoms with Crippen LogP contribution in [0.2, 0.25) is 0 Å². The molecule has 6 heteroatoms. The van der Waals surface area contributed by atoms with Gasteiger partial charge in [0.2, 0.25) is 5.91 Å². The van der Waals surface area contributed by atoms with Gasteiger partial charge in [0.1, 0.15) is 0 Å². The van der Waals surface area contributed by atoms with E-state index in [4.69, 9.17) is 10.2 Å². The third-order valence-corrected chi connectivity index (χ3v) is 4.02. The summed E-state index contributed by atoms with van der Waals surface area (Å²) in [4.78, 5) is 22.2. The number of hydrogen-bond donors (Lipinski definition) is 3. The van der Waals surface area contributed by atoms with Crippen LogP contribution in [-0.4, -0.2) is 46.2 Å². The monoisotopic (exact) mass is 247 g/mol. The molecule has 5 nitrogen and oxygen atoms in total. The van der Waals surface area contributed by atoms with E-state index in [1.165, 1.54) is 11.8 Å². The molecule has 1 amide bonds. The van der Waals surface area contributed by atoms with E-state index >= 15 is 0 Å². The minimum Gasteiger partial charge on any atom is -0.481 e. The Kier molecular flexibility index (Phi) is 4.61. The fraction of sp³-hybridized carbons (Fsp3) is 0.800. The van der Waals surface area contributed by atoms with Crippen molar-refractivity contribution in [2.45, 2.75) is 24.6 Å². The average Bonchev–Trinajstić information content (AvgIpc) is 2.98. The second kappa shape index (κ2) is 5.54. The summed E-state index contributed by atoms with van der Waals surface area (Å²) in [5.74, 6) is -2.03. The van der Waals surface area contributed by atoms with Crippen molar-refractivity contribution in [3.8, 4) is 0 Å². The van der Waals surface area contributed by atoms with Gasteiger partial charge in [0.05, 0.1) is 18.4 Å². The number of aliphatic carboxylic acids is 1. The van der Waals surface area contributed by atoms with Gasteiger partial charge in [-0.3, -0.25) is 9.59 Å². The molecule has 0 aliphatic heterocycles. The van der Waals surface area contributed by atoms with Crippen LogP contribution >= 0.6 is 11.8 Å². The molecule has 4 atom stereocenters. The highest BCUT2D eigenvalue weighted by atomic mass is 32.2. The zero-order valence-corrected chi connectivity index (χ0v) is 10.2. The minimum absolute atomic E-state index is 0.00433. The molecular weight excluding hydrogens is 230 g/mol. The van der Waals surface area contributed by atoms with Crippen LogP contribution in [0, 0.1) is 11.8 Å². The summed E-state index contributed by atoms with van der Waals surface area (Å²) >= 11 is 1.48. The molecule has 1 fully saturated rings. The Balaban J connectivity index is 2.38. The summed E-state index contributed by atoms with van der Waals surface area (Å²) in [6.07, 6.45) is 2.29. The van der Waals surface area contributed by atoms with Gasteiger partial charge < -0.3 is 15.5 Å². The first-order valence-electron chi connectivity index (χ1n) is 5.18. The number of carboxylic acid groups (broad SMARTS) is 1.